The molecule has 0 amide bonds. The topological polar surface area (TPSA) is 107 Å². The van der Waals surface area contributed by atoms with Gasteiger partial charge in [0.25, 0.3) is 0 Å². The lowest BCUT2D eigenvalue weighted by Gasteiger charge is -2.09. The van der Waals surface area contributed by atoms with Crippen molar-refractivity contribution in [1.29, 1.82) is 0 Å². The Morgan fingerprint density at radius 1 is 1.16 bits per heavy atom. The standard InChI is InChI=1S/C13H23NO5/c1-2-5-13(18)19-9-4-3-6-10(14)11(15)7-8-12(16)17/h10H,2-9,14H2,1H3,(H,16,17). The number of hydrogen-bond acceptors (Lipinski definition) is 5. The van der Waals surface area contributed by atoms with Gasteiger partial charge < -0.3 is 15.6 Å². The number of unbranched alkanes of at least 4 members (excludes halogenated alkanes) is 1. The lowest BCUT2D eigenvalue weighted by molar-refractivity contribution is -0.143. The highest BCUT2D eigenvalue weighted by Gasteiger charge is 2.14. The highest BCUT2D eigenvalue weighted by Crippen LogP contribution is 2.04. The van der Waals surface area contributed by atoms with Crippen LogP contribution in [0.25, 0.3) is 0 Å². The zero-order valence-corrected chi connectivity index (χ0v) is 11.4. The van der Waals surface area contributed by atoms with E-state index in [9.17, 15) is 14.4 Å². The smallest absolute Gasteiger partial charge is 0.305 e. The number of ether oxygens (including phenoxy) is 1. The van der Waals surface area contributed by atoms with Gasteiger partial charge in [-0.1, -0.05) is 6.92 Å². The normalized spacial score (nSPS) is 11.9. The summed E-state index contributed by atoms with van der Waals surface area (Å²) in [7, 11) is 0. The largest absolute Gasteiger partial charge is 0.481 e. The van der Waals surface area contributed by atoms with Gasteiger partial charge in [0, 0.05) is 12.8 Å². The van der Waals surface area contributed by atoms with Crippen LogP contribution in [0.3, 0.4) is 0 Å². The van der Waals surface area contributed by atoms with E-state index in [2.05, 4.69) is 0 Å². The second-order valence-electron chi connectivity index (χ2n) is 4.43. The Morgan fingerprint density at radius 3 is 2.42 bits per heavy atom. The SMILES string of the molecule is CCCC(=O)OCCCCC(N)C(=O)CCC(=O)O. The number of carboxylic acid groups (broad SMARTS) is 1. The molecule has 0 fully saturated rings. The van der Waals surface area contributed by atoms with E-state index in [0.717, 1.165) is 6.42 Å². The van der Waals surface area contributed by atoms with E-state index in [1.165, 1.54) is 0 Å². The fourth-order valence-corrected chi connectivity index (χ4v) is 1.51. The van der Waals surface area contributed by atoms with E-state index in [0.29, 0.717) is 32.3 Å². The van der Waals surface area contributed by atoms with Gasteiger partial charge in [-0.15, -0.1) is 0 Å². The van der Waals surface area contributed by atoms with E-state index in [-0.39, 0.29) is 24.6 Å². The Kier molecular flexibility index (Phi) is 9.70. The Morgan fingerprint density at radius 2 is 1.84 bits per heavy atom. The van der Waals surface area contributed by atoms with Gasteiger partial charge in [0.15, 0.2) is 0 Å². The lowest BCUT2D eigenvalue weighted by Crippen LogP contribution is -2.30. The monoisotopic (exact) mass is 273 g/mol. The summed E-state index contributed by atoms with van der Waals surface area (Å²) < 4.78 is 4.96. The summed E-state index contributed by atoms with van der Waals surface area (Å²) in [6.45, 7) is 2.25. The third kappa shape index (κ3) is 10.2. The van der Waals surface area contributed by atoms with Gasteiger partial charge in [-0.25, -0.2) is 0 Å². The van der Waals surface area contributed by atoms with Crippen molar-refractivity contribution in [3.8, 4) is 0 Å². The molecule has 0 aliphatic carbocycles. The van der Waals surface area contributed by atoms with Crippen molar-refractivity contribution in [2.75, 3.05) is 6.61 Å². The van der Waals surface area contributed by atoms with Crippen molar-refractivity contribution < 1.29 is 24.2 Å². The first-order chi connectivity index (χ1) is 8.97. The minimum absolute atomic E-state index is 0.0258. The minimum Gasteiger partial charge on any atom is -0.481 e. The molecule has 110 valence electrons. The average Bonchev–Trinajstić information content (AvgIpc) is 2.35. The molecule has 1 unspecified atom stereocenters. The number of aliphatic carboxylic acids is 1. The molecule has 0 radical (unpaired) electrons. The zero-order valence-electron chi connectivity index (χ0n) is 11.4. The Bertz CT molecular complexity index is 303. The Labute approximate surface area is 113 Å². The number of carboxylic acids is 1. The van der Waals surface area contributed by atoms with Gasteiger partial charge in [-0.2, -0.15) is 0 Å². The molecule has 0 heterocycles. The van der Waals surface area contributed by atoms with Crippen molar-refractivity contribution in [1.82, 2.24) is 0 Å². The first-order valence-electron chi connectivity index (χ1n) is 6.63. The van der Waals surface area contributed by atoms with Crippen molar-refractivity contribution in [2.24, 2.45) is 5.73 Å². The highest BCUT2D eigenvalue weighted by atomic mass is 16.5. The average molecular weight is 273 g/mol. The number of ketones is 1. The van der Waals surface area contributed by atoms with Crippen LogP contribution in [-0.4, -0.2) is 35.5 Å². The minimum atomic E-state index is -0.997. The molecule has 0 aliphatic heterocycles. The predicted molar refractivity (Wildman–Crippen MR) is 69.6 cm³/mol. The Balaban J connectivity index is 3.57. The van der Waals surface area contributed by atoms with Crippen LogP contribution >= 0.6 is 0 Å². The van der Waals surface area contributed by atoms with Crippen LogP contribution in [0.5, 0.6) is 0 Å². The molecule has 6 heteroatoms. The molecule has 1 atom stereocenters. The number of carbonyl (C=O) groups is 3. The number of rotatable bonds is 11. The fourth-order valence-electron chi connectivity index (χ4n) is 1.51. The molecule has 3 N–H and O–H groups in total. The van der Waals surface area contributed by atoms with E-state index in [1.807, 2.05) is 6.92 Å². The van der Waals surface area contributed by atoms with Gasteiger partial charge in [0.2, 0.25) is 0 Å². The van der Waals surface area contributed by atoms with E-state index < -0.39 is 12.0 Å². The summed E-state index contributed by atoms with van der Waals surface area (Å²) in [5.41, 5.74) is 5.64. The third-order valence-electron chi connectivity index (χ3n) is 2.63. The molecule has 0 aromatic rings. The number of carbonyl (C=O) groups excluding carboxylic acids is 2. The lowest BCUT2D eigenvalue weighted by atomic mass is 10.0. The summed E-state index contributed by atoms with van der Waals surface area (Å²) in [6, 6.07) is -0.620. The molecular formula is C13H23NO5. The van der Waals surface area contributed by atoms with Gasteiger partial charge in [0.05, 0.1) is 19.1 Å². The second kappa shape index (κ2) is 10.5. The van der Waals surface area contributed by atoms with Crippen molar-refractivity contribution in [3.05, 3.63) is 0 Å². The number of hydrogen-bond donors (Lipinski definition) is 2. The first kappa shape index (κ1) is 17.6. The summed E-state index contributed by atoms with van der Waals surface area (Å²) in [5.74, 6) is -1.43. The summed E-state index contributed by atoms with van der Waals surface area (Å²) in [4.78, 5) is 32.8. The van der Waals surface area contributed by atoms with Crippen LogP contribution in [0.15, 0.2) is 0 Å². The van der Waals surface area contributed by atoms with E-state index >= 15 is 0 Å². The Hall–Kier alpha value is -1.43. The highest BCUT2D eigenvalue weighted by molar-refractivity contribution is 5.86. The van der Waals surface area contributed by atoms with Crippen molar-refractivity contribution in [3.63, 3.8) is 0 Å². The molecule has 0 aromatic heterocycles. The van der Waals surface area contributed by atoms with Crippen LogP contribution in [0.4, 0.5) is 0 Å². The number of Topliss-reactive ketones (excluding diaryl/α,β-unsaturated/α-hetero) is 1. The first-order valence-corrected chi connectivity index (χ1v) is 6.63. The summed E-state index contributed by atoms with van der Waals surface area (Å²) in [6.07, 6.45) is 2.82. The number of esters is 1. The van der Waals surface area contributed by atoms with Crippen molar-refractivity contribution in [2.45, 2.75) is 57.9 Å². The van der Waals surface area contributed by atoms with Crippen LogP contribution in [0, 0.1) is 0 Å². The van der Waals surface area contributed by atoms with Crippen LogP contribution in [0.2, 0.25) is 0 Å². The molecule has 0 saturated heterocycles. The number of nitrogens with two attached hydrogens (primary N) is 1. The molecule has 0 rings (SSSR count). The van der Waals surface area contributed by atoms with E-state index in [1.54, 1.807) is 0 Å². The molecule has 0 aliphatic rings. The maximum atomic E-state index is 11.4. The molecule has 0 saturated carbocycles. The molecule has 0 bridgehead atoms. The van der Waals surface area contributed by atoms with Crippen LogP contribution in [0.1, 0.15) is 51.9 Å². The molecule has 0 spiro atoms. The van der Waals surface area contributed by atoms with Gasteiger partial charge in [-0.05, 0) is 25.7 Å². The van der Waals surface area contributed by atoms with Gasteiger partial charge in [-0.3, -0.25) is 14.4 Å². The fraction of sp³-hybridized carbons (Fsp3) is 0.769. The molecule has 6 nitrogen and oxygen atoms in total. The molecular weight excluding hydrogens is 250 g/mol. The van der Waals surface area contributed by atoms with E-state index in [4.69, 9.17) is 15.6 Å². The quantitative estimate of drug-likeness (QED) is 0.433. The van der Waals surface area contributed by atoms with Crippen LogP contribution < -0.4 is 5.73 Å². The summed E-state index contributed by atoms with van der Waals surface area (Å²) in [5, 5.41) is 8.44. The summed E-state index contributed by atoms with van der Waals surface area (Å²) >= 11 is 0. The maximum absolute atomic E-state index is 11.4. The molecule has 0 aromatic carbocycles. The van der Waals surface area contributed by atoms with Gasteiger partial charge in [0.1, 0.15) is 5.78 Å². The maximum Gasteiger partial charge on any atom is 0.305 e. The second-order valence-corrected chi connectivity index (χ2v) is 4.43. The molecule has 19 heavy (non-hydrogen) atoms. The third-order valence-corrected chi connectivity index (χ3v) is 2.63. The van der Waals surface area contributed by atoms with Gasteiger partial charge >= 0.3 is 11.9 Å². The van der Waals surface area contributed by atoms with Crippen LogP contribution in [-0.2, 0) is 19.1 Å². The van der Waals surface area contributed by atoms with Crippen molar-refractivity contribution >= 4 is 17.7 Å². The predicted octanol–water partition coefficient (Wildman–Crippen LogP) is 1.26. The zero-order chi connectivity index (χ0) is 14.7.